The van der Waals surface area contributed by atoms with Crippen molar-refractivity contribution >= 4 is 5.97 Å². The summed E-state index contributed by atoms with van der Waals surface area (Å²) in [7, 11) is 1.45. The number of hydrogen-bond acceptors (Lipinski definition) is 5. The zero-order valence-electron chi connectivity index (χ0n) is 13.2. The summed E-state index contributed by atoms with van der Waals surface area (Å²) in [6.07, 6.45) is 4.50. The highest BCUT2D eigenvalue weighted by molar-refractivity contribution is 5.75. The first kappa shape index (κ1) is 17.4. The highest BCUT2D eigenvalue weighted by Crippen LogP contribution is 2.14. The number of nitrogens with one attached hydrogen (secondary N) is 1. The van der Waals surface area contributed by atoms with E-state index < -0.39 is 0 Å². The minimum Gasteiger partial charge on any atom is -0.468 e. The highest BCUT2D eigenvalue weighted by Gasteiger charge is 2.23. The molecule has 0 bridgehead atoms. The van der Waals surface area contributed by atoms with Gasteiger partial charge in [0.05, 0.1) is 13.2 Å². The fourth-order valence-electron chi connectivity index (χ4n) is 2.66. The summed E-state index contributed by atoms with van der Waals surface area (Å²) in [5, 5.41) is 3.26. The molecule has 0 aliphatic carbocycles. The van der Waals surface area contributed by atoms with Gasteiger partial charge in [0.15, 0.2) is 0 Å². The predicted octanol–water partition coefficient (Wildman–Crippen LogP) is 1.42. The van der Waals surface area contributed by atoms with Gasteiger partial charge in [-0.2, -0.15) is 0 Å². The third-order valence-corrected chi connectivity index (χ3v) is 3.73. The second-order valence-electron chi connectivity index (χ2n) is 5.34. The maximum Gasteiger partial charge on any atom is 0.322 e. The van der Waals surface area contributed by atoms with Crippen LogP contribution in [0.4, 0.5) is 0 Å². The smallest absolute Gasteiger partial charge is 0.322 e. The third-order valence-electron chi connectivity index (χ3n) is 3.73. The van der Waals surface area contributed by atoms with Crippen LogP contribution in [0, 0.1) is 0 Å². The lowest BCUT2D eigenvalue weighted by Crippen LogP contribution is -2.44. The number of nitrogens with zero attached hydrogens (tertiary/aromatic N) is 1. The van der Waals surface area contributed by atoms with E-state index in [1.165, 1.54) is 13.5 Å². The lowest BCUT2D eigenvalue weighted by molar-refractivity contribution is -0.143. The number of methoxy groups -OCH3 is 1. The number of ether oxygens (including phenoxy) is 2. The van der Waals surface area contributed by atoms with Crippen molar-refractivity contribution in [1.82, 2.24) is 10.2 Å². The van der Waals surface area contributed by atoms with Crippen molar-refractivity contribution in [2.75, 3.05) is 39.9 Å². The largest absolute Gasteiger partial charge is 0.468 e. The van der Waals surface area contributed by atoms with Crippen molar-refractivity contribution in [2.24, 2.45) is 0 Å². The Labute approximate surface area is 123 Å². The SMILES string of the molecule is CCCNC(CCN1CCCC(OCC)C1)C(=O)OC. The Morgan fingerprint density at radius 2 is 2.25 bits per heavy atom. The fraction of sp³-hybridized carbons (Fsp3) is 0.933. The molecule has 1 fully saturated rings. The van der Waals surface area contributed by atoms with E-state index in [2.05, 4.69) is 17.1 Å². The van der Waals surface area contributed by atoms with Crippen LogP contribution in [0.3, 0.4) is 0 Å². The van der Waals surface area contributed by atoms with E-state index in [0.29, 0.717) is 6.10 Å². The average Bonchev–Trinajstić information content (AvgIpc) is 2.47. The van der Waals surface area contributed by atoms with Crippen molar-refractivity contribution in [3.63, 3.8) is 0 Å². The van der Waals surface area contributed by atoms with Gasteiger partial charge in [-0.1, -0.05) is 6.92 Å². The van der Waals surface area contributed by atoms with Crippen LogP contribution in [0.15, 0.2) is 0 Å². The molecule has 0 radical (unpaired) electrons. The molecule has 0 aromatic carbocycles. The van der Waals surface area contributed by atoms with E-state index in [4.69, 9.17) is 9.47 Å². The number of carbonyl (C=O) groups is 1. The summed E-state index contributed by atoms with van der Waals surface area (Å²) < 4.78 is 10.6. The lowest BCUT2D eigenvalue weighted by Gasteiger charge is -2.33. The van der Waals surface area contributed by atoms with Crippen molar-refractivity contribution in [2.45, 2.75) is 51.7 Å². The topological polar surface area (TPSA) is 50.8 Å². The maximum atomic E-state index is 11.7. The maximum absolute atomic E-state index is 11.7. The molecule has 5 nitrogen and oxygen atoms in total. The van der Waals surface area contributed by atoms with E-state index in [1.54, 1.807) is 0 Å². The molecule has 2 unspecified atom stereocenters. The molecule has 0 amide bonds. The van der Waals surface area contributed by atoms with E-state index in [1.807, 2.05) is 6.92 Å². The monoisotopic (exact) mass is 286 g/mol. The number of carbonyl (C=O) groups excluding carboxylic acids is 1. The van der Waals surface area contributed by atoms with Gasteiger partial charge in [-0.05, 0) is 45.7 Å². The van der Waals surface area contributed by atoms with Crippen molar-refractivity contribution in [3.8, 4) is 0 Å². The van der Waals surface area contributed by atoms with Crippen LogP contribution in [0.2, 0.25) is 0 Å². The van der Waals surface area contributed by atoms with Gasteiger partial charge >= 0.3 is 5.97 Å². The van der Waals surface area contributed by atoms with Gasteiger partial charge in [-0.25, -0.2) is 0 Å². The van der Waals surface area contributed by atoms with Gasteiger partial charge < -0.3 is 19.7 Å². The first-order chi connectivity index (χ1) is 9.71. The van der Waals surface area contributed by atoms with Gasteiger partial charge in [0.1, 0.15) is 6.04 Å². The number of hydrogen-bond donors (Lipinski definition) is 1. The molecule has 1 rings (SSSR count). The fourth-order valence-corrected chi connectivity index (χ4v) is 2.66. The number of esters is 1. The third kappa shape index (κ3) is 6.20. The molecule has 1 aliphatic heterocycles. The Morgan fingerprint density at radius 1 is 1.45 bits per heavy atom. The van der Waals surface area contributed by atoms with Crippen LogP contribution in [-0.4, -0.2) is 62.9 Å². The molecular formula is C15H30N2O3. The standard InChI is InChI=1S/C15H30N2O3/c1-4-9-16-14(15(18)19-3)8-11-17-10-6-7-13(12-17)20-5-2/h13-14,16H,4-12H2,1-3H3. The highest BCUT2D eigenvalue weighted by atomic mass is 16.5. The van der Waals surface area contributed by atoms with Crippen LogP contribution in [0.5, 0.6) is 0 Å². The van der Waals surface area contributed by atoms with Crippen LogP contribution in [0.25, 0.3) is 0 Å². The Balaban J connectivity index is 2.35. The molecule has 2 atom stereocenters. The number of rotatable bonds is 9. The Hall–Kier alpha value is -0.650. The molecule has 118 valence electrons. The molecule has 5 heteroatoms. The van der Waals surface area contributed by atoms with Crippen molar-refractivity contribution in [3.05, 3.63) is 0 Å². The normalized spacial score (nSPS) is 21.6. The zero-order valence-corrected chi connectivity index (χ0v) is 13.2. The minimum atomic E-state index is -0.188. The van der Waals surface area contributed by atoms with E-state index in [0.717, 1.165) is 52.0 Å². The second kappa shape index (κ2) is 10.1. The summed E-state index contributed by atoms with van der Waals surface area (Å²) >= 11 is 0. The first-order valence-corrected chi connectivity index (χ1v) is 7.86. The molecule has 0 saturated carbocycles. The molecule has 1 heterocycles. The van der Waals surface area contributed by atoms with E-state index >= 15 is 0 Å². The zero-order chi connectivity index (χ0) is 14.8. The summed E-state index contributed by atoms with van der Waals surface area (Å²) in [5.74, 6) is -0.156. The average molecular weight is 286 g/mol. The quantitative estimate of drug-likeness (QED) is 0.650. The van der Waals surface area contributed by atoms with E-state index in [9.17, 15) is 4.79 Å². The Kier molecular flexibility index (Phi) is 8.82. The molecule has 0 aromatic rings. The molecule has 1 saturated heterocycles. The first-order valence-electron chi connectivity index (χ1n) is 7.86. The van der Waals surface area contributed by atoms with Gasteiger partial charge in [-0.15, -0.1) is 0 Å². The second-order valence-corrected chi connectivity index (χ2v) is 5.34. The Morgan fingerprint density at radius 3 is 2.90 bits per heavy atom. The number of likely N-dealkylation sites (tertiary alicyclic amines) is 1. The van der Waals surface area contributed by atoms with Gasteiger partial charge in [0, 0.05) is 19.7 Å². The van der Waals surface area contributed by atoms with Crippen molar-refractivity contribution < 1.29 is 14.3 Å². The summed E-state index contributed by atoms with van der Waals surface area (Å²) in [6.45, 7) is 8.77. The van der Waals surface area contributed by atoms with Crippen LogP contribution in [0.1, 0.15) is 39.5 Å². The molecule has 1 aliphatic rings. The summed E-state index contributed by atoms with van der Waals surface area (Å²) in [5.41, 5.74) is 0. The summed E-state index contributed by atoms with van der Waals surface area (Å²) in [6, 6.07) is -0.188. The van der Waals surface area contributed by atoms with Gasteiger partial charge in [-0.3, -0.25) is 4.79 Å². The van der Waals surface area contributed by atoms with Crippen LogP contribution < -0.4 is 5.32 Å². The summed E-state index contributed by atoms with van der Waals surface area (Å²) in [4.78, 5) is 14.1. The van der Waals surface area contributed by atoms with E-state index in [-0.39, 0.29) is 12.0 Å². The van der Waals surface area contributed by atoms with Crippen molar-refractivity contribution in [1.29, 1.82) is 0 Å². The Bertz CT molecular complexity index is 272. The van der Waals surface area contributed by atoms with Gasteiger partial charge in [0.2, 0.25) is 0 Å². The molecule has 20 heavy (non-hydrogen) atoms. The lowest BCUT2D eigenvalue weighted by atomic mass is 10.1. The van der Waals surface area contributed by atoms with Crippen LogP contribution >= 0.6 is 0 Å². The molecule has 0 spiro atoms. The van der Waals surface area contributed by atoms with Crippen LogP contribution in [-0.2, 0) is 14.3 Å². The molecule has 0 aromatic heterocycles. The molecule has 1 N–H and O–H groups in total. The number of piperidine rings is 1. The predicted molar refractivity (Wildman–Crippen MR) is 79.8 cm³/mol. The molecular weight excluding hydrogens is 256 g/mol. The van der Waals surface area contributed by atoms with Gasteiger partial charge in [0.25, 0.3) is 0 Å². The minimum absolute atomic E-state index is 0.156.